The zero-order valence-electron chi connectivity index (χ0n) is 11.4. The van der Waals surface area contributed by atoms with Crippen LogP contribution in [-0.2, 0) is 11.2 Å². The van der Waals surface area contributed by atoms with Crippen LogP contribution in [0.4, 0.5) is 5.82 Å². The van der Waals surface area contributed by atoms with Gasteiger partial charge in [-0.2, -0.15) is 0 Å². The van der Waals surface area contributed by atoms with Crippen molar-refractivity contribution in [2.45, 2.75) is 19.8 Å². The smallest absolute Gasteiger partial charge is 0.369 e. The van der Waals surface area contributed by atoms with Crippen molar-refractivity contribution in [3.8, 4) is 11.8 Å². The Morgan fingerprint density at radius 1 is 1.33 bits per heavy atom. The third-order valence-corrected chi connectivity index (χ3v) is 3.25. The minimum Gasteiger partial charge on any atom is -0.461 e. The predicted molar refractivity (Wildman–Crippen MR) is 77.5 cm³/mol. The van der Waals surface area contributed by atoms with E-state index in [0.29, 0.717) is 31.0 Å². The van der Waals surface area contributed by atoms with E-state index in [4.69, 9.17) is 10.5 Å². The SMILES string of the molecule is CCOC(=O)c1nnc(CCC#Cc2ccc(N)nn2)s1. The highest BCUT2D eigenvalue weighted by molar-refractivity contribution is 7.13. The lowest BCUT2D eigenvalue weighted by atomic mass is 10.3. The van der Waals surface area contributed by atoms with Crippen LogP contribution in [-0.4, -0.2) is 33.0 Å². The number of ether oxygens (including phenoxy) is 1. The number of hydrogen-bond acceptors (Lipinski definition) is 8. The molecule has 2 aromatic heterocycles. The fraction of sp³-hybridized carbons (Fsp3) is 0.308. The number of aromatic nitrogens is 4. The van der Waals surface area contributed by atoms with E-state index in [-0.39, 0.29) is 5.01 Å². The molecule has 0 aliphatic rings. The molecule has 108 valence electrons. The highest BCUT2D eigenvalue weighted by Gasteiger charge is 2.12. The lowest BCUT2D eigenvalue weighted by Crippen LogP contribution is -2.03. The van der Waals surface area contributed by atoms with Crippen LogP contribution < -0.4 is 5.73 Å². The maximum atomic E-state index is 11.4. The summed E-state index contributed by atoms with van der Waals surface area (Å²) in [6.45, 7) is 2.07. The summed E-state index contributed by atoms with van der Waals surface area (Å²) in [5, 5.41) is 16.3. The van der Waals surface area contributed by atoms with Crippen molar-refractivity contribution in [1.29, 1.82) is 0 Å². The minimum atomic E-state index is -0.440. The quantitative estimate of drug-likeness (QED) is 0.665. The lowest BCUT2D eigenvalue weighted by molar-refractivity contribution is 0.0525. The Labute approximate surface area is 125 Å². The van der Waals surface area contributed by atoms with Crippen LogP contribution >= 0.6 is 11.3 Å². The molecule has 8 heteroatoms. The van der Waals surface area contributed by atoms with Crippen LogP contribution in [0.2, 0.25) is 0 Å². The summed E-state index contributed by atoms with van der Waals surface area (Å²) in [6, 6.07) is 3.35. The van der Waals surface area contributed by atoms with E-state index in [1.54, 1.807) is 19.1 Å². The molecule has 2 aromatic rings. The van der Waals surface area contributed by atoms with Crippen molar-refractivity contribution < 1.29 is 9.53 Å². The van der Waals surface area contributed by atoms with E-state index in [1.165, 1.54) is 11.3 Å². The first kappa shape index (κ1) is 14.9. The van der Waals surface area contributed by atoms with Gasteiger partial charge >= 0.3 is 5.97 Å². The number of nitrogens with two attached hydrogens (primary N) is 1. The number of anilines is 1. The van der Waals surface area contributed by atoms with Crippen molar-refractivity contribution in [3.63, 3.8) is 0 Å². The van der Waals surface area contributed by atoms with Gasteiger partial charge in [-0.3, -0.25) is 0 Å². The van der Waals surface area contributed by atoms with Crippen molar-refractivity contribution >= 4 is 23.1 Å². The van der Waals surface area contributed by atoms with Gasteiger partial charge in [0.15, 0.2) is 0 Å². The normalized spacial score (nSPS) is 9.76. The van der Waals surface area contributed by atoms with Crippen molar-refractivity contribution in [3.05, 3.63) is 27.8 Å². The second kappa shape index (κ2) is 7.31. The monoisotopic (exact) mass is 303 g/mol. The summed E-state index contributed by atoms with van der Waals surface area (Å²) < 4.78 is 4.85. The fourth-order valence-electron chi connectivity index (χ4n) is 1.36. The third-order valence-electron chi connectivity index (χ3n) is 2.28. The van der Waals surface area contributed by atoms with Crippen molar-refractivity contribution in [1.82, 2.24) is 20.4 Å². The van der Waals surface area contributed by atoms with Gasteiger partial charge in [0.1, 0.15) is 16.5 Å². The maximum absolute atomic E-state index is 11.4. The zero-order chi connectivity index (χ0) is 15.1. The lowest BCUT2D eigenvalue weighted by Gasteiger charge is -1.94. The summed E-state index contributed by atoms with van der Waals surface area (Å²) in [5.74, 6) is 5.76. The van der Waals surface area contributed by atoms with Gasteiger partial charge in [0.2, 0.25) is 5.01 Å². The maximum Gasteiger partial charge on any atom is 0.369 e. The van der Waals surface area contributed by atoms with Gasteiger partial charge in [0, 0.05) is 12.8 Å². The summed E-state index contributed by atoms with van der Waals surface area (Å²) in [4.78, 5) is 11.4. The topological polar surface area (TPSA) is 104 Å². The van der Waals surface area contributed by atoms with E-state index in [1.807, 2.05) is 0 Å². The fourth-order valence-corrected chi connectivity index (χ4v) is 2.09. The first-order valence-electron chi connectivity index (χ1n) is 6.26. The molecule has 7 nitrogen and oxygen atoms in total. The number of hydrogen-bond donors (Lipinski definition) is 1. The highest BCUT2D eigenvalue weighted by Crippen LogP contribution is 2.12. The number of nitrogens with zero attached hydrogens (tertiary/aromatic N) is 4. The van der Waals surface area contributed by atoms with Crippen LogP contribution in [0.15, 0.2) is 12.1 Å². The molecule has 0 unspecified atom stereocenters. The molecule has 0 amide bonds. The molecule has 0 spiro atoms. The number of rotatable bonds is 4. The molecule has 0 saturated carbocycles. The Kier molecular flexibility index (Phi) is 5.17. The number of aryl methyl sites for hydroxylation is 1. The predicted octanol–water partition coefficient (Wildman–Crippen LogP) is 1.07. The molecule has 0 aliphatic heterocycles. The Bertz CT molecular complexity index is 672. The number of carbonyl (C=O) groups excluding carboxylic acids is 1. The average Bonchev–Trinajstić information content (AvgIpc) is 2.95. The van der Waals surface area contributed by atoms with Crippen LogP contribution in [0.1, 0.15) is 33.8 Å². The molecular weight excluding hydrogens is 290 g/mol. The van der Waals surface area contributed by atoms with E-state index in [2.05, 4.69) is 32.2 Å². The minimum absolute atomic E-state index is 0.268. The number of esters is 1. The molecule has 0 radical (unpaired) electrons. The molecule has 0 aromatic carbocycles. The molecule has 0 fully saturated rings. The second-order valence-corrected chi connectivity index (χ2v) is 4.93. The first-order valence-corrected chi connectivity index (χ1v) is 7.08. The van der Waals surface area contributed by atoms with Gasteiger partial charge in [-0.05, 0) is 25.0 Å². The van der Waals surface area contributed by atoms with Gasteiger partial charge in [0.05, 0.1) is 6.61 Å². The van der Waals surface area contributed by atoms with Gasteiger partial charge in [-0.25, -0.2) is 4.79 Å². The van der Waals surface area contributed by atoms with Crippen LogP contribution in [0.25, 0.3) is 0 Å². The molecule has 21 heavy (non-hydrogen) atoms. The average molecular weight is 303 g/mol. The molecular formula is C13H13N5O2S. The van der Waals surface area contributed by atoms with E-state index < -0.39 is 5.97 Å². The Morgan fingerprint density at radius 2 is 2.19 bits per heavy atom. The van der Waals surface area contributed by atoms with E-state index in [9.17, 15) is 4.79 Å². The molecule has 2 heterocycles. The Balaban J connectivity index is 1.87. The number of nitrogen functional groups attached to an aromatic ring is 1. The first-order chi connectivity index (χ1) is 10.2. The van der Waals surface area contributed by atoms with E-state index in [0.717, 1.165) is 5.01 Å². The van der Waals surface area contributed by atoms with Gasteiger partial charge in [-0.1, -0.05) is 17.3 Å². The molecule has 0 bridgehead atoms. The van der Waals surface area contributed by atoms with Gasteiger partial charge < -0.3 is 10.5 Å². The largest absolute Gasteiger partial charge is 0.461 e. The summed E-state index contributed by atoms with van der Waals surface area (Å²) in [5.41, 5.74) is 6.00. The molecule has 0 atom stereocenters. The third kappa shape index (κ3) is 4.50. The van der Waals surface area contributed by atoms with Crippen molar-refractivity contribution in [2.75, 3.05) is 12.3 Å². The van der Waals surface area contributed by atoms with Crippen molar-refractivity contribution in [2.24, 2.45) is 0 Å². The molecule has 0 aliphatic carbocycles. The Hall–Kier alpha value is -2.53. The van der Waals surface area contributed by atoms with Crippen LogP contribution in [0, 0.1) is 11.8 Å². The number of carbonyl (C=O) groups is 1. The van der Waals surface area contributed by atoms with Crippen LogP contribution in [0.5, 0.6) is 0 Å². The summed E-state index contributed by atoms with van der Waals surface area (Å²) in [7, 11) is 0. The van der Waals surface area contributed by atoms with Crippen LogP contribution in [0.3, 0.4) is 0 Å². The zero-order valence-corrected chi connectivity index (χ0v) is 12.2. The summed E-state index contributed by atoms with van der Waals surface area (Å²) >= 11 is 1.22. The molecule has 2 N–H and O–H groups in total. The second-order valence-electron chi connectivity index (χ2n) is 3.87. The van der Waals surface area contributed by atoms with Gasteiger partial charge in [-0.15, -0.1) is 20.4 Å². The summed E-state index contributed by atoms with van der Waals surface area (Å²) in [6.07, 6.45) is 1.20. The molecule has 2 rings (SSSR count). The Morgan fingerprint density at radius 3 is 2.90 bits per heavy atom. The molecule has 0 saturated heterocycles. The standard InChI is InChI=1S/C13H13N5O2S/c1-2-20-13(19)12-18-17-11(21-12)6-4-3-5-9-7-8-10(14)16-15-9/h7-8H,2,4,6H2,1H3,(H2,14,16). The van der Waals surface area contributed by atoms with Gasteiger partial charge in [0.25, 0.3) is 0 Å². The highest BCUT2D eigenvalue weighted by atomic mass is 32.1. The van der Waals surface area contributed by atoms with E-state index >= 15 is 0 Å².